The van der Waals surface area contributed by atoms with Gasteiger partial charge in [-0.3, -0.25) is 0 Å². The average molecular weight is 297 g/mol. The van der Waals surface area contributed by atoms with E-state index >= 15 is 0 Å². The van der Waals surface area contributed by atoms with Crippen molar-refractivity contribution in [1.82, 2.24) is 0 Å². The third kappa shape index (κ3) is 3.06. The van der Waals surface area contributed by atoms with Gasteiger partial charge >= 0.3 is 0 Å². The molecule has 3 rings (SSSR count). The van der Waals surface area contributed by atoms with Crippen molar-refractivity contribution < 1.29 is 0 Å². The number of benzene rings is 3. The molecule has 0 aromatic heterocycles. The van der Waals surface area contributed by atoms with Gasteiger partial charge in [0.2, 0.25) is 0 Å². The highest BCUT2D eigenvalue weighted by Gasteiger charge is 2.05. The lowest BCUT2D eigenvalue weighted by atomic mass is 10.1. The first kappa shape index (κ1) is 13.3. The minimum absolute atomic E-state index is 0.769. The zero-order chi connectivity index (χ0) is 13.8. The highest BCUT2D eigenvalue weighted by Crippen LogP contribution is 2.36. The maximum atomic E-state index is 5.93. The highest BCUT2D eigenvalue weighted by atomic mass is 35.5. The topological polar surface area (TPSA) is 0 Å². The second-order valence-electron chi connectivity index (χ2n) is 4.42. The van der Waals surface area contributed by atoms with Crippen LogP contribution in [-0.2, 0) is 0 Å². The van der Waals surface area contributed by atoms with E-state index in [1.165, 1.54) is 20.9 Å². The number of hydrogen-bond donors (Lipinski definition) is 0. The molecular formula is C18H13ClS. The molecule has 0 unspecified atom stereocenters. The average Bonchev–Trinajstić information content (AvgIpc) is 2.51. The van der Waals surface area contributed by atoms with Gasteiger partial charge in [0.05, 0.1) is 0 Å². The van der Waals surface area contributed by atoms with Gasteiger partial charge < -0.3 is 0 Å². The van der Waals surface area contributed by atoms with E-state index in [4.69, 9.17) is 11.6 Å². The third-order valence-corrected chi connectivity index (χ3v) is 4.35. The van der Waals surface area contributed by atoms with Gasteiger partial charge in [-0.15, -0.1) is 0 Å². The van der Waals surface area contributed by atoms with Gasteiger partial charge in [-0.25, -0.2) is 0 Å². The zero-order valence-electron chi connectivity index (χ0n) is 10.8. The smallest absolute Gasteiger partial charge is 0.0406 e. The summed E-state index contributed by atoms with van der Waals surface area (Å²) in [4.78, 5) is 2.44. The van der Waals surface area contributed by atoms with Crippen LogP contribution in [-0.4, -0.2) is 0 Å². The summed E-state index contributed by atoms with van der Waals surface area (Å²) >= 11 is 7.69. The fourth-order valence-electron chi connectivity index (χ4n) is 2.04. The van der Waals surface area contributed by atoms with Crippen LogP contribution >= 0.6 is 23.4 Å². The summed E-state index contributed by atoms with van der Waals surface area (Å²) in [7, 11) is 0. The Morgan fingerprint density at radius 3 is 2.05 bits per heavy atom. The molecule has 0 aliphatic rings. The minimum atomic E-state index is 0.769. The lowest BCUT2D eigenvalue weighted by Gasteiger charge is -2.09. The molecule has 3 aromatic rings. The zero-order valence-corrected chi connectivity index (χ0v) is 12.4. The molecule has 0 bridgehead atoms. The largest absolute Gasteiger partial charge is 0.0894 e. The second kappa shape index (κ2) is 6.17. The van der Waals surface area contributed by atoms with Gasteiger partial charge in [-0.2, -0.15) is 0 Å². The lowest BCUT2D eigenvalue weighted by Crippen LogP contribution is -1.82. The lowest BCUT2D eigenvalue weighted by molar-refractivity contribution is 1.40. The van der Waals surface area contributed by atoms with Crippen molar-refractivity contribution in [3.8, 4) is 11.1 Å². The Balaban J connectivity index is 1.96. The Bertz CT molecular complexity index is 690. The van der Waals surface area contributed by atoms with Crippen LogP contribution in [0.3, 0.4) is 0 Å². The van der Waals surface area contributed by atoms with Gasteiger partial charge in [0.15, 0.2) is 0 Å². The predicted octanol–water partition coefficient (Wildman–Crippen LogP) is 6.16. The molecule has 2 heteroatoms. The van der Waals surface area contributed by atoms with E-state index in [0.29, 0.717) is 0 Å². The first-order chi connectivity index (χ1) is 9.83. The van der Waals surface area contributed by atoms with Crippen LogP contribution in [0.4, 0.5) is 0 Å². The molecule has 98 valence electrons. The predicted molar refractivity (Wildman–Crippen MR) is 87.5 cm³/mol. The maximum Gasteiger partial charge on any atom is 0.0406 e. The number of hydrogen-bond acceptors (Lipinski definition) is 1. The molecule has 3 aromatic carbocycles. The van der Waals surface area contributed by atoms with Crippen molar-refractivity contribution in [2.45, 2.75) is 9.79 Å². The van der Waals surface area contributed by atoms with Crippen molar-refractivity contribution in [3.63, 3.8) is 0 Å². The summed E-state index contributed by atoms with van der Waals surface area (Å²) in [6.07, 6.45) is 0. The summed E-state index contributed by atoms with van der Waals surface area (Å²) in [5, 5.41) is 0.769. The molecular weight excluding hydrogens is 284 g/mol. The SMILES string of the molecule is Clc1ccc(Sc2ccccc2-c2ccccc2)cc1. The summed E-state index contributed by atoms with van der Waals surface area (Å²) in [6.45, 7) is 0. The van der Waals surface area contributed by atoms with Gasteiger partial charge in [0.1, 0.15) is 0 Å². The van der Waals surface area contributed by atoms with Gasteiger partial charge in [-0.05, 0) is 41.5 Å². The van der Waals surface area contributed by atoms with Crippen LogP contribution in [0, 0.1) is 0 Å². The first-order valence-corrected chi connectivity index (χ1v) is 7.60. The molecule has 0 N–H and O–H groups in total. The molecule has 0 aliphatic carbocycles. The van der Waals surface area contributed by atoms with E-state index < -0.39 is 0 Å². The van der Waals surface area contributed by atoms with E-state index in [2.05, 4.69) is 60.7 Å². The minimum Gasteiger partial charge on any atom is -0.0894 e. The Morgan fingerprint density at radius 1 is 0.650 bits per heavy atom. The Hall–Kier alpha value is -1.70. The summed E-state index contributed by atoms with van der Waals surface area (Å²) in [5.74, 6) is 0. The number of halogens is 1. The van der Waals surface area contributed by atoms with Gasteiger partial charge in [0.25, 0.3) is 0 Å². The Kier molecular flexibility index (Phi) is 4.10. The molecule has 0 fully saturated rings. The van der Waals surface area contributed by atoms with Crippen molar-refractivity contribution in [1.29, 1.82) is 0 Å². The van der Waals surface area contributed by atoms with Crippen LogP contribution in [0.5, 0.6) is 0 Å². The van der Waals surface area contributed by atoms with E-state index in [1.54, 1.807) is 11.8 Å². The van der Waals surface area contributed by atoms with Crippen molar-refractivity contribution >= 4 is 23.4 Å². The monoisotopic (exact) mass is 296 g/mol. The number of rotatable bonds is 3. The van der Waals surface area contributed by atoms with E-state index in [1.807, 2.05) is 18.2 Å². The fourth-order valence-corrected chi connectivity index (χ4v) is 3.14. The first-order valence-electron chi connectivity index (χ1n) is 6.41. The molecule has 0 nitrogen and oxygen atoms in total. The molecule has 0 heterocycles. The van der Waals surface area contributed by atoms with Crippen LogP contribution in [0.1, 0.15) is 0 Å². The van der Waals surface area contributed by atoms with Crippen molar-refractivity contribution in [2.75, 3.05) is 0 Å². The van der Waals surface area contributed by atoms with Gasteiger partial charge in [-0.1, -0.05) is 71.9 Å². The molecule has 0 radical (unpaired) electrons. The summed E-state index contributed by atoms with van der Waals surface area (Å²) in [6, 6.07) is 26.9. The standard InChI is InChI=1S/C18H13ClS/c19-15-10-12-16(13-11-15)20-18-9-5-4-8-17(18)14-6-2-1-3-7-14/h1-13H. The van der Waals surface area contributed by atoms with Crippen molar-refractivity contribution in [3.05, 3.63) is 83.9 Å². The van der Waals surface area contributed by atoms with Gasteiger partial charge in [0, 0.05) is 14.8 Å². The van der Waals surface area contributed by atoms with E-state index in [-0.39, 0.29) is 0 Å². The van der Waals surface area contributed by atoms with Crippen LogP contribution < -0.4 is 0 Å². The molecule has 0 saturated heterocycles. The highest BCUT2D eigenvalue weighted by molar-refractivity contribution is 7.99. The molecule has 0 saturated carbocycles. The maximum absolute atomic E-state index is 5.93. The third-order valence-electron chi connectivity index (χ3n) is 3.01. The molecule has 0 aliphatic heterocycles. The molecule has 20 heavy (non-hydrogen) atoms. The quantitative estimate of drug-likeness (QED) is 0.558. The molecule has 0 atom stereocenters. The summed E-state index contributed by atoms with van der Waals surface area (Å²) in [5.41, 5.74) is 2.50. The second-order valence-corrected chi connectivity index (χ2v) is 5.97. The fraction of sp³-hybridized carbons (Fsp3) is 0. The van der Waals surface area contributed by atoms with E-state index in [9.17, 15) is 0 Å². The Labute approximate surface area is 128 Å². The normalized spacial score (nSPS) is 10.4. The van der Waals surface area contributed by atoms with Crippen molar-refractivity contribution in [2.24, 2.45) is 0 Å². The van der Waals surface area contributed by atoms with Crippen LogP contribution in [0.25, 0.3) is 11.1 Å². The molecule has 0 amide bonds. The molecule has 0 spiro atoms. The van der Waals surface area contributed by atoms with E-state index in [0.717, 1.165) is 5.02 Å². The van der Waals surface area contributed by atoms with Crippen LogP contribution in [0.15, 0.2) is 88.7 Å². The Morgan fingerprint density at radius 2 is 1.30 bits per heavy atom. The van der Waals surface area contributed by atoms with Crippen LogP contribution in [0.2, 0.25) is 5.02 Å². The summed E-state index contributed by atoms with van der Waals surface area (Å²) < 4.78 is 0.